The Morgan fingerprint density at radius 2 is 1.78 bits per heavy atom. The number of aliphatic hydroxyl groups excluding tert-OH is 1. The van der Waals surface area contributed by atoms with Gasteiger partial charge in [0, 0.05) is 18.0 Å². The highest BCUT2D eigenvalue weighted by molar-refractivity contribution is 5.30. The van der Waals surface area contributed by atoms with Crippen LogP contribution in [0.3, 0.4) is 0 Å². The number of hydrogen-bond donors (Lipinski definition) is 3. The van der Waals surface area contributed by atoms with Crippen LogP contribution in [-0.2, 0) is 0 Å². The molecule has 5 rings (SSSR count). The van der Waals surface area contributed by atoms with E-state index in [1.807, 2.05) is 0 Å². The lowest BCUT2D eigenvalue weighted by Crippen LogP contribution is -2.57. The highest BCUT2D eigenvalue weighted by Gasteiger charge is 2.81. The summed E-state index contributed by atoms with van der Waals surface area (Å²) in [5.74, 6) is 2.76. The Labute approximate surface area is 166 Å². The molecule has 0 unspecified atom stereocenters. The molecule has 0 aliphatic heterocycles. The van der Waals surface area contributed by atoms with Gasteiger partial charge in [0.1, 0.15) is 0 Å². The van der Waals surface area contributed by atoms with E-state index in [1.165, 1.54) is 44.9 Å². The molecule has 0 aromatic heterocycles. The summed E-state index contributed by atoms with van der Waals surface area (Å²) in [5.41, 5.74) is 8.24. The van der Waals surface area contributed by atoms with Gasteiger partial charge in [-0.15, -0.1) is 0 Å². The Balaban J connectivity index is 1.52. The number of hydrogen-bond acceptors (Lipinski definition) is 3. The van der Waals surface area contributed by atoms with Crippen molar-refractivity contribution in [2.75, 3.05) is 7.05 Å². The van der Waals surface area contributed by atoms with Gasteiger partial charge < -0.3 is 16.2 Å². The molecule has 5 aliphatic carbocycles. The second-order valence-electron chi connectivity index (χ2n) is 12.0. The van der Waals surface area contributed by atoms with Crippen LogP contribution in [0, 0.1) is 45.3 Å². The van der Waals surface area contributed by atoms with Crippen molar-refractivity contribution in [3.05, 3.63) is 0 Å². The second kappa shape index (κ2) is 5.52. The molecule has 5 saturated carbocycles. The lowest BCUT2D eigenvalue weighted by Gasteiger charge is -2.62. The molecule has 3 nitrogen and oxygen atoms in total. The van der Waals surface area contributed by atoms with Crippen LogP contribution in [0.4, 0.5) is 0 Å². The molecular formula is C24H42N2O. The zero-order chi connectivity index (χ0) is 19.4. The van der Waals surface area contributed by atoms with E-state index in [-0.39, 0.29) is 16.9 Å². The van der Waals surface area contributed by atoms with Crippen LogP contribution in [0.25, 0.3) is 0 Å². The number of aliphatic hydroxyl groups is 1. The molecule has 3 heteroatoms. The summed E-state index contributed by atoms with van der Waals surface area (Å²) in [6, 6.07) is 0.812. The zero-order valence-corrected chi connectivity index (χ0v) is 18.2. The quantitative estimate of drug-likeness (QED) is 0.686. The Hall–Kier alpha value is -0.120. The molecule has 11 atom stereocenters. The van der Waals surface area contributed by atoms with Gasteiger partial charge in [-0.25, -0.2) is 0 Å². The topological polar surface area (TPSA) is 58.3 Å². The molecular weight excluding hydrogens is 332 g/mol. The molecule has 154 valence electrons. The molecule has 2 spiro atoms. The Kier molecular flexibility index (Phi) is 3.86. The van der Waals surface area contributed by atoms with Gasteiger partial charge in [0.15, 0.2) is 0 Å². The fourth-order valence-electron chi connectivity index (χ4n) is 10.2. The smallest absolute Gasteiger partial charge is 0.0594 e. The summed E-state index contributed by atoms with van der Waals surface area (Å²) >= 11 is 0. The monoisotopic (exact) mass is 374 g/mol. The summed E-state index contributed by atoms with van der Waals surface area (Å²) in [6.07, 6.45) is 10.4. The number of nitrogens with one attached hydrogen (secondary N) is 1. The molecule has 0 bridgehead atoms. The van der Waals surface area contributed by atoms with Gasteiger partial charge >= 0.3 is 0 Å². The van der Waals surface area contributed by atoms with Crippen LogP contribution in [-0.4, -0.2) is 30.3 Å². The molecule has 4 N–H and O–H groups in total. The van der Waals surface area contributed by atoms with Crippen LogP contribution in [0.5, 0.6) is 0 Å². The third kappa shape index (κ3) is 1.96. The Morgan fingerprint density at radius 1 is 1.04 bits per heavy atom. The average molecular weight is 375 g/mol. The summed E-state index contributed by atoms with van der Waals surface area (Å²) < 4.78 is 0. The number of fused-ring (bicyclic) bond motifs is 2. The van der Waals surface area contributed by atoms with Crippen LogP contribution in [0.2, 0.25) is 0 Å². The van der Waals surface area contributed by atoms with Crippen molar-refractivity contribution in [3.63, 3.8) is 0 Å². The first kappa shape index (κ1) is 18.9. The van der Waals surface area contributed by atoms with Gasteiger partial charge in [-0.3, -0.25) is 0 Å². The van der Waals surface area contributed by atoms with Crippen molar-refractivity contribution >= 4 is 0 Å². The maximum Gasteiger partial charge on any atom is 0.0594 e. The van der Waals surface area contributed by atoms with Gasteiger partial charge in [-0.2, -0.15) is 0 Å². The first-order chi connectivity index (χ1) is 12.7. The van der Waals surface area contributed by atoms with E-state index in [0.717, 1.165) is 18.3 Å². The van der Waals surface area contributed by atoms with E-state index in [0.29, 0.717) is 34.7 Å². The van der Waals surface area contributed by atoms with E-state index < -0.39 is 0 Å². The molecule has 5 fully saturated rings. The van der Waals surface area contributed by atoms with Crippen LogP contribution < -0.4 is 11.1 Å². The third-order valence-electron chi connectivity index (χ3n) is 11.8. The Morgan fingerprint density at radius 3 is 2.48 bits per heavy atom. The Bertz CT molecular complexity index is 638. The van der Waals surface area contributed by atoms with E-state index in [2.05, 4.69) is 40.1 Å². The summed E-state index contributed by atoms with van der Waals surface area (Å²) in [5, 5.41) is 14.7. The van der Waals surface area contributed by atoms with Crippen molar-refractivity contribution < 1.29 is 5.11 Å². The average Bonchev–Trinajstić information content (AvgIpc) is 3.24. The highest BCUT2D eigenvalue weighted by atomic mass is 16.3. The fraction of sp³-hybridized carbons (Fsp3) is 1.00. The lowest BCUT2D eigenvalue weighted by molar-refractivity contribution is -0.131. The van der Waals surface area contributed by atoms with E-state index >= 15 is 0 Å². The molecule has 5 aliphatic rings. The molecule has 0 radical (unpaired) electrons. The summed E-state index contributed by atoms with van der Waals surface area (Å²) in [4.78, 5) is 0. The molecule has 0 aromatic carbocycles. The van der Waals surface area contributed by atoms with Crippen LogP contribution in [0.15, 0.2) is 0 Å². The first-order valence-corrected chi connectivity index (χ1v) is 11.8. The zero-order valence-electron chi connectivity index (χ0n) is 18.2. The minimum atomic E-state index is -0.149. The lowest BCUT2D eigenvalue weighted by atomic mass is 9.43. The van der Waals surface area contributed by atoms with Gasteiger partial charge in [-0.1, -0.05) is 20.8 Å². The van der Waals surface area contributed by atoms with Gasteiger partial charge in [0.25, 0.3) is 0 Å². The SMILES string of the molecule is CN[C@H](C)[C@H]1[C@H](O)C[C@@]2(C)[C@@H]3CC[C@H]4[C@@H](C)[C@@H](N)CC[C@@]45C[C@@]35CC[C@]12C. The molecule has 0 aromatic rings. The maximum absolute atomic E-state index is 11.2. The second-order valence-corrected chi connectivity index (χ2v) is 12.0. The van der Waals surface area contributed by atoms with Crippen molar-refractivity contribution in [2.24, 2.45) is 51.1 Å². The predicted octanol–water partition coefficient (Wildman–Crippen LogP) is 3.94. The van der Waals surface area contributed by atoms with Crippen molar-refractivity contribution in [1.82, 2.24) is 5.32 Å². The number of rotatable bonds is 2. The predicted molar refractivity (Wildman–Crippen MR) is 110 cm³/mol. The van der Waals surface area contributed by atoms with E-state index in [9.17, 15) is 5.11 Å². The summed E-state index contributed by atoms with van der Waals surface area (Å²) in [6.45, 7) is 9.85. The van der Waals surface area contributed by atoms with Crippen molar-refractivity contribution in [1.29, 1.82) is 0 Å². The minimum absolute atomic E-state index is 0.149. The van der Waals surface area contributed by atoms with Crippen molar-refractivity contribution in [3.8, 4) is 0 Å². The van der Waals surface area contributed by atoms with E-state index in [4.69, 9.17) is 5.73 Å². The first-order valence-electron chi connectivity index (χ1n) is 11.8. The normalized spacial score (nSPS) is 62.8. The van der Waals surface area contributed by atoms with E-state index in [1.54, 1.807) is 0 Å². The van der Waals surface area contributed by atoms with Crippen molar-refractivity contribution in [2.45, 2.75) is 97.2 Å². The molecule has 0 saturated heterocycles. The minimum Gasteiger partial charge on any atom is -0.393 e. The largest absolute Gasteiger partial charge is 0.393 e. The maximum atomic E-state index is 11.2. The molecule has 27 heavy (non-hydrogen) atoms. The standard InChI is InChI=1S/C24H42N2O/c1-14-16-6-7-19-22(4)12-18(27)20(15(2)26-5)21(22,3)10-11-24(19)13-23(16,24)9-8-17(14)25/h14-20,26-27H,6-13,25H2,1-5H3/t14-,15-,16+,17+,18-,19+,20+,21-,22+,23-,24+/m1/s1. The number of nitrogens with two attached hydrogens (primary N) is 1. The summed E-state index contributed by atoms with van der Waals surface area (Å²) in [7, 11) is 2.06. The fourth-order valence-corrected chi connectivity index (χ4v) is 10.2. The van der Waals surface area contributed by atoms with Crippen LogP contribution >= 0.6 is 0 Å². The van der Waals surface area contributed by atoms with Crippen LogP contribution in [0.1, 0.15) is 79.1 Å². The van der Waals surface area contributed by atoms with Gasteiger partial charge in [0.2, 0.25) is 0 Å². The molecule has 0 heterocycles. The van der Waals surface area contributed by atoms with Gasteiger partial charge in [0.05, 0.1) is 6.10 Å². The highest BCUT2D eigenvalue weighted by Crippen LogP contribution is 2.87. The third-order valence-corrected chi connectivity index (χ3v) is 11.8. The van der Waals surface area contributed by atoms with Gasteiger partial charge in [-0.05, 0) is 105 Å². The molecule has 0 amide bonds.